The standard InChI is InChI=1S/C50H80N8O12/c1-17-29(7)41-46(66)52-25-38(60)56(14)36(23-27(3)4)44(64)51-26-39(61)58(16)40(28(5)6)47(67)57(15)37(24-33-19-21-34(59)22-20-33)45(65)53-31(9)42(62)50(11,12)49(69)55(13)32(10)43(63)54-35(18-2)30(8)48(68)70-41/h19-22,27-32,35-37,40-41,59H,17-18,23-26H2,1-16H3,(H,51,64)(H,52,66)(H,53,65)(H,54,63)/t29?,30?,31-,32-,35?,36-,37?,40-,41?/m0/s1. The van der Waals surface area contributed by atoms with E-state index >= 15 is 0 Å². The largest absolute Gasteiger partial charge is 0.508 e. The molecule has 1 fully saturated rings. The van der Waals surface area contributed by atoms with Gasteiger partial charge in [-0.1, -0.05) is 60.6 Å². The minimum Gasteiger partial charge on any atom is -0.508 e. The minimum atomic E-state index is -1.80. The monoisotopic (exact) mass is 985 g/mol. The van der Waals surface area contributed by atoms with Crippen LogP contribution in [0.15, 0.2) is 24.3 Å². The summed E-state index contributed by atoms with van der Waals surface area (Å²) in [6, 6.07) is -0.844. The SMILES string of the molecule is CCC(C)C1OC(=O)C(C)C(CC)NC(=O)[C@H](C)N(C)C(=O)C(C)(C)C(=O)[C@H](C)NC(=O)C(Cc2ccc(O)cc2)N(C)C(=O)[C@H](C(C)C)N(C)C(=O)CNC(=O)[C@H](CC(C)C)N(C)C(=O)CNC1=O. The van der Waals surface area contributed by atoms with Crippen molar-refractivity contribution in [1.82, 2.24) is 40.9 Å². The zero-order valence-corrected chi connectivity index (χ0v) is 44.1. The fourth-order valence-corrected chi connectivity index (χ4v) is 8.27. The molecule has 2 rings (SSSR count). The second kappa shape index (κ2) is 26.2. The van der Waals surface area contributed by atoms with Gasteiger partial charge < -0.3 is 50.7 Å². The highest BCUT2D eigenvalue weighted by Crippen LogP contribution is 2.25. The summed E-state index contributed by atoms with van der Waals surface area (Å²) >= 11 is 0. The second-order valence-corrected chi connectivity index (χ2v) is 20.0. The maximum atomic E-state index is 14.5. The first-order chi connectivity index (χ1) is 32.4. The van der Waals surface area contributed by atoms with Crippen LogP contribution in [-0.4, -0.2) is 167 Å². The lowest BCUT2D eigenvalue weighted by atomic mass is 9.82. The predicted octanol–water partition coefficient (Wildman–Crippen LogP) is 1.80. The van der Waals surface area contributed by atoms with E-state index in [0.717, 1.165) is 4.90 Å². The first-order valence-corrected chi connectivity index (χ1v) is 24.2. The summed E-state index contributed by atoms with van der Waals surface area (Å²) in [5, 5.41) is 20.6. The number of likely N-dealkylation sites (N-methyl/N-ethyl adjacent to an activating group) is 4. The van der Waals surface area contributed by atoms with Crippen LogP contribution < -0.4 is 21.3 Å². The molecule has 0 bridgehead atoms. The van der Waals surface area contributed by atoms with E-state index in [-0.39, 0.29) is 30.9 Å². The number of carbonyl (C=O) groups is 10. The van der Waals surface area contributed by atoms with Crippen LogP contribution in [0.5, 0.6) is 5.75 Å². The van der Waals surface area contributed by atoms with Gasteiger partial charge in [-0.15, -0.1) is 0 Å². The smallest absolute Gasteiger partial charge is 0.311 e. The number of benzene rings is 1. The number of esters is 1. The van der Waals surface area contributed by atoms with Crippen LogP contribution >= 0.6 is 0 Å². The van der Waals surface area contributed by atoms with E-state index in [9.17, 15) is 53.1 Å². The summed E-state index contributed by atoms with van der Waals surface area (Å²) in [7, 11) is 5.52. The normalized spacial score (nSPS) is 26.9. The predicted molar refractivity (Wildman–Crippen MR) is 261 cm³/mol. The van der Waals surface area contributed by atoms with Gasteiger partial charge in [-0.05, 0) is 83.4 Å². The Morgan fingerprint density at radius 3 is 1.76 bits per heavy atom. The number of nitrogens with zero attached hydrogens (tertiary/aromatic N) is 4. The molecular formula is C50H80N8O12. The first kappa shape index (κ1) is 60.0. The molecule has 8 amide bonds. The summed E-state index contributed by atoms with van der Waals surface area (Å²) in [4.78, 5) is 144. The van der Waals surface area contributed by atoms with Crippen LogP contribution in [0, 0.1) is 29.1 Å². The number of phenols is 1. The molecule has 5 unspecified atom stereocenters. The van der Waals surface area contributed by atoms with Crippen LogP contribution in [0.1, 0.15) is 108 Å². The Bertz CT molecular complexity index is 2060. The number of carbonyl (C=O) groups excluding carboxylic acids is 10. The maximum absolute atomic E-state index is 14.5. The number of nitrogens with one attached hydrogen (secondary N) is 4. The summed E-state index contributed by atoms with van der Waals surface area (Å²) in [6.07, 6.45) is -0.575. The molecule has 1 aliphatic rings. The Morgan fingerprint density at radius 2 is 1.24 bits per heavy atom. The molecule has 20 heteroatoms. The Labute approximate surface area is 413 Å². The zero-order chi connectivity index (χ0) is 53.7. The molecule has 0 aliphatic carbocycles. The van der Waals surface area contributed by atoms with Gasteiger partial charge in [0.15, 0.2) is 11.9 Å². The van der Waals surface area contributed by atoms with Gasteiger partial charge in [0.2, 0.25) is 41.4 Å². The number of hydrogen-bond acceptors (Lipinski definition) is 12. The molecule has 0 spiro atoms. The number of cyclic esters (lactones) is 1. The number of hydrogen-bond donors (Lipinski definition) is 5. The average molecular weight is 985 g/mol. The van der Waals surface area contributed by atoms with E-state index < -0.39 is 138 Å². The lowest BCUT2D eigenvalue weighted by molar-refractivity contribution is -0.164. The van der Waals surface area contributed by atoms with Crippen LogP contribution in [0.4, 0.5) is 0 Å². The van der Waals surface area contributed by atoms with E-state index in [1.54, 1.807) is 46.8 Å². The third kappa shape index (κ3) is 15.5. The van der Waals surface area contributed by atoms with Crippen molar-refractivity contribution in [2.24, 2.45) is 29.1 Å². The number of rotatable bonds is 8. The van der Waals surface area contributed by atoms with E-state index in [4.69, 9.17) is 4.74 Å². The fraction of sp³-hybridized carbons (Fsp3) is 0.680. The van der Waals surface area contributed by atoms with Crippen molar-refractivity contribution in [1.29, 1.82) is 0 Å². The zero-order valence-electron chi connectivity index (χ0n) is 44.1. The van der Waals surface area contributed by atoms with Gasteiger partial charge in [0.1, 0.15) is 35.3 Å². The lowest BCUT2D eigenvalue weighted by Crippen LogP contribution is -2.60. The van der Waals surface area contributed by atoms with Crippen LogP contribution in [0.3, 0.4) is 0 Å². The van der Waals surface area contributed by atoms with Crippen LogP contribution in [-0.2, 0) is 59.1 Å². The Kier molecular flexibility index (Phi) is 22.5. The van der Waals surface area contributed by atoms with Gasteiger partial charge in [0.05, 0.1) is 25.0 Å². The van der Waals surface area contributed by atoms with E-state index in [1.165, 1.54) is 89.6 Å². The van der Waals surface area contributed by atoms with Gasteiger partial charge in [0, 0.05) is 46.6 Å². The van der Waals surface area contributed by atoms with E-state index in [1.807, 2.05) is 13.8 Å². The molecular weight excluding hydrogens is 905 g/mol. The van der Waals surface area contributed by atoms with E-state index in [0.29, 0.717) is 12.0 Å². The molecule has 392 valence electrons. The highest BCUT2D eigenvalue weighted by molar-refractivity contribution is 6.09. The molecule has 0 aromatic heterocycles. The Hall–Kier alpha value is -6.08. The van der Waals surface area contributed by atoms with Gasteiger partial charge >= 0.3 is 5.97 Å². The molecule has 1 aliphatic heterocycles. The summed E-state index contributed by atoms with van der Waals surface area (Å²) < 4.78 is 5.77. The Balaban J connectivity index is 2.71. The van der Waals surface area contributed by atoms with E-state index in [2.05, 4.69) is 21.3 Å². The molecule has 9 atom stereocenters. The van der Waals surface area contributed by atoms with Crippen molar-refractivity contribution in [3.8, 4) is 5.75 Å². The van der Waals surface area contributed by atoms with Gasteiger partial charge in [-0.3, -0.25) is 47.9 Å². The van der Waals surface area contributed by atoms with Crippen molar-refractivity contribution in [3.63, 3.8) is 0 Å². The number of ether oxygens (including phenoxy) is 1. The summed E-state index contributed by atoms with van der Waals surface area (Å²) in [5.41, 5.74) is -1.26. The topological polar surface area (TPSA) is 261 Å². The lowest BCUT2D eigenvalue weighted by Gasteiger charge is -2.37. The number of amides is 8. The number of phenolic OH excluding ortho intramolecular Hbond substituents is 1. The number of ketones is 1. The summed E-state index contributed by atoms with van der Waals surface area (Å²) in [6.45, 7) is 18.3. The maximum Gasteiger partial charge on any atom is 0.311 e. The van der Waals surface area contributed by atoms with Gasteiger partial charge in [0.25, 0.3) is 5.91 Å². The third-order valence-corrected chi connectivity index (χ3v) is 13.5. The molecule has 0 radical (unpaired) electrons. The highest BCUT2D eigenvalue weighted by atomic mass is 16.5. The van der Waals surface area contributed by atoms with Crippen LogP contribution in [0.25, 0.3) is 0 Å². The van der Waals surface area contributed by atoms with Crippen molar-refractivity contribution in [2.45, 2.75) is 151 Å². The van der Waals surface area contributed by atoms with Crippen LogP contribution in [0.2, 0.25) is 0 Å². The second-order valence-electron chi connectivity index (χ2n) is 20.0. The summed E-state index contributed by atoms with van der Waals surface area (Å²) in [5.74, 6) is -9.17. The van der Waals surface area contributed by atoms with Gasteiger partial charge in [-0.25, -0.2) is 0 Å². The number of aromatic hydroxyl groups is 1. The molecule has 1 heterocycles. The number of Topliss-reactive ketones (excluding diaryl/α,β-unsaturated/α-hetero) is 1. The van der Waals surface area contributed by atoms with Gasteiger partial charge in [-0.2, -0.15) is 0 Å². The molecule has 5 N–H and O–H groups in total. The highest BCUT2D eigenvalue weighted by Gasteiger charge is 2.45. The molecule has 70 heavy (non-hydrogen) atoms. The van der Waals surface area contributed by atoms with Crippen molar-refractivity contribution >= 4 is 59.0 Å². The quantitative estimate of drug-likeness (QED) is 0.185. The first-order valence-electron chi connectivity index (χ1n) is 24.2. The molecule has 0 saturated carbocycles. The molecule has 1 aromatic rings. The Morgan fingerprint density at radius 1 is 0.700 bits per heavy atom. The fourth-order valence-electron chi connectivity index (χ4n) is 8.27. The molecule has 1 saturated heterocycles. The molecule has 1 aromatic carbocycles. The minimum absolute atomic E-state index is 0.0360. The average Bonchev–Trinajstić information content (AvgIpc) is 3.31. The third-order valence-electron chi connectivity index (χ3n) is 13.5. The van der Waals surface area contributed by atoms with Crippen molar-refractivity contribution in [2.75, 3.05) is 41.3 Å². The van der Waals surface area contributed by atoms with Crippen molar-refractivity contribution < 1.29 is 57.8 Å². The molecule has 20 nitrogen and oxygen atoms in total. The van der Waals surface area contributed by atoms with Crippen molar-refractivity contribution in [3.05, 3.63) is 29.8 Å².